The van der Waals surface area contributed by atoms with Gasteiger partial charge in [-0.05, 0) is 87.6 Å². The number of hydrogen-bond donors (Lipinski definition) is 1. The molecule has 35 heavy (non-hydrogen) atoms. The third-order valence-electron chi connectivity index (χ3n) is 6.18. The van der Waals surface area contributed by atoms with E-state index in [0.29, 0.717) is 35.7 Å². The lowest BCUT2D eigenvalue weighted by atomic mass is 9.84. The number of carboxylic acids is 1. The zero-order chi connectivity index (χ0) is 25.2. The van der Waals surface area contributed by atoms with E-state index in [9.17, 15) is 23.1 Å². The molecular weight excluding hydrogens is 479 g/mol. The van der Waals surface area contributed by atoms with E-state index in [1.807, 2.05) is 25.1 Å². The van der Waals surface area contributed by atoms with E-state index in [1.165, 1.54) is 28.7 Å². The minimum atomic E-state index is -4.39. The first-order valence-corrected chi connectivity index (χ1v) is 12.3. The molecule has 0 aliphatic heterocycles. The molecular formula is C25H26F3N3O3S. The van der Waals surface area contributed by atoms with Crippen LogP contribution in [0.25, 0.3) is 5.69 Å². The topological polar surface area (TPSA) is 77.2 Å². The van der Waals surface area contributed by atoms with E-state index in [-0.39, 0.29) is 0 Å². The fourth-order valence-corrected chi connectivity index (χ4v) is 5.11. The van der Waals surface area contributed by atoms with Crippen LogP contribution < -0.4 is 4.74 Å². The molecule has 0 saturated heterocycles. The van der Waals surface area contributed by atoms with Gasteiger partial charge in [0, 0.05) is 10.6 Å². The maximum absolute atomic E-state index is 12.8. The van der Waals surface area contributed by atoms with E-state index in [1.54, 1.807) is 6.92 Å². The molecule has 0 amide bonds. The number of aliphatic carboxylic acids is 1. The Morgan fingerprint density at radius 1 is 1.09 bits per heavy atom. The van der Waals surface area contributed by atoms with Crippen LogP contribution in [0.4, 0.5) is 13.2 Å². The van der Waals surface area contributed by atoms with Crippen LogP contribution in [0.2, 0.25) is 0 Å². The molecule has 1 aliphatic rings. The average Bonchev–Trinajstić information content (AvgIpc) is 3.20. The highest BCUT2D eigenvalue weighted by atomic mass is 32.2. The van der Waals surface area contributed by atoms with Gasteiger partial charge in [-0.2, -0.15) is 28.2 Å². The van der Waals surface area contributed by atoms with E-state index >= 15 is 0 Å². The monoisotopic (exact) mass is 505 g/mol. The molecule has 186 valence electrons. The average molecular weight is 506 g/mol. The molecule has 3 aromatic rings. The van der Waals surface area contributed by atoms with Crippen molar-refractivity contribution < 1.29 is 27.8 Å². The molecule has 0 unspecified atom stereocenters. The van der Waals surface area contributed by atoms with Gasteiger partial charge in [-0.15, -0.1) is 11.8 Å². The fourth-order valence-electron chi connectivity index (χ4n) is 4.11. The van der Waals surface area contributed by atoms with Gasteiger partial charge in [0.15, 0.2) is 0 Å². The second-order valence-electron chi connectivity index (χ2n) is 8.74. The predicted molar refractivity (Wildman–Crippen MR) is 126 cm³/mol. The maximum atomic E-state index is 12.8. The lowest BCUT2D eigenvalue weighted by Crippen LogP contribution is -2.46. The van der Waals surface area contributed by atoms with E-state index < -0.39 is 23.3 Å². The summed E-state index contributed by atoms with van der Waals surface area (Å²) in [5.74, 6) is 0.176. The molecule has 10 heteroatoms. The van der Waals surface area contributed by atoms with Crippen molar-refractivity contribution in [3.63, 3.8) is 0 Å². The number of benzene rings is 2. The first-order chi connectivity index (χ1) is 16.6. The van der Waals surface area contributed by atoms with Gasteiger partial charge in [0.1, 0.15) is 5.75 Å². The molecule has 0 bridgehead atoms. The third-order valence-corrected chi connectivity index (χ3v) is 7.19. The Morgan fingerprint density at radius 2 is 1.77 bits per heavy atom. The predicted octanol–water partition coefficient (Wildman–Crippen LogP) is 6.36. The molecule has 1 aliphatic carbocycles. The summed E-state index contributed by atoms with van der Waals surface area (Å²) in [5, 5.41) is 18.6. The number of halogens is 3. The molecule has 1 heterocycles. The van der Waals surface area contributed by atoms with E-state index in [4.69, 9.17) is 4.74 Å². The summed E-state index contributed by atoms with van der Waals surface area (Å²) in [7, 11) is 0. The minimum Gasteiger partial charge on any atom is -0.478 e. The highest BCUT2D eigenvalue weighted by Gasteiger charge is 2.42. The molecule has 1 saturated carbocycles. The van der Waals surface area contributed by atoms with Crippen LogP contribution in [-0.4, -0.2) is 31.7 Å². The number of nitrogens with zero attached hydrogens (tertiary/aromatic N) is 3. The minimum absolute atomic E-state index is 0.449. The quantitative estimate of drug-likeness (QED) is 0.377. The summed E-state index contributed by atoms with van der Waals surface area (Å²) in [6.07, 6.45) is -0.678. The number of aromatic nitrogens is 3. The molecule has 1 N–H and O–H groups in total. The number of carboxylic acid groups (broad SMARTS) is 1. The highest BCUT2D eigenvalue weighted by molar-refractivity contribution is 7.98. The highest BCUT2D eigenvalue weighted by Crippen LogP contribution is 2.36. The van der Waals surface area contributed by atoms with Gasteiger partial charge >= 0.3 is 12.1 Å². The van der Waals surface area contributed by atoms with E-state index in [2.05, 4.69) is 10.2 Å². The Bertz CT molecular complexity index is 1200. The normalized spacial score (nSPS) is 15.7. The van der Waals surface area contributed by atoms with Gasteiger partial charge in [0.25, 0.3) is 0 Å². The zero-order valence-corrected chi connectivity index (χ0v) is 20.2. The second-order valence-corrected chi connectivity index (χ2v) is 9.79. The molecule has 0 radical (unpaired) electrons. The summed E-state index contributed by atoms with van der Waals surface area (Å²) in [4.78, 5) is 14.2. The SMILES string of the molecule is Cc1cc(SCc2nn(-c3ccc(C(F)(F)F)cc3)nc2C)ccc1OC1(C(=O)O)CCCCC1. The largest absolute Gasteiger partial charge is 0.478 e. The summed E-state index contributed by atoms with van der Waals surface area (Å²) >= 11 is 1.54. The smallest absolute Gasteiger partial charge is 0.416 e. The number of ether oxygens (including phenoxy) is 1. The summed E-state index contributed by atoms with van der Waals surface area (Å²) < 4.78 is 44.5. The second kappa shape index (κ2) is 9.93. The van der Waals surface area contributed by atoms with Crippen LogP contribution in [0, 0.1) is 13.8 Å². The van der Waals surface area contributed by atoms with Crippen LogP contribution in [-0.2, 0) is 16.7 Å². The number of thioether (sulfide) groups is 1. The summed E-state index contributed by atoms with van der Waals surface area (Å²) in [6.45, 7) is 3.70. The van der Waals surface area contributed by atoms with Crippen molar-refractivity contribution in [2.24, 2.45) is 0 Å². The standard InChI is InChI=1S/C25H26F3N3O3S/c1-16-14-20(10-11-22(16)34-24(23(32)33)12-4-3-5-13-24)35-15-21-17(2)29-31(30-21)19-8-6-18(7-9-19)25(26,27)28/h6-11,14H,3-5,12-13,15H2,1-2H3,(H,32,33). The van der Waals surface area contributed by atoms with Crippen LogP contribution in [0.3, 0.4) is 0 Å². The summed E-state index contributed by atoms with van der Waals surface area (Å²) in [6, 6.07) is 10.4. The molecule has 4 rings (SSSR count). The molecule has 0 spiro atoms. The first-order valence-electron chi connectivity index (χ1n) is 11.3. The Hall–Kier alpha value is -3.01. The van der Waals surface area contributed by atoms with Crippen LogP contribution in [0.1, 0.15) is 54.6 Å². The maximum Gasteiger partial charge on any atom is 0.416 e. The number of hydrogen-bond acceptors (Lipinski definition) is 5. The lowest BCUT2D eigenvalue weighted by Gasteiger charge is -2.34. The number of rotatable bonds is 7. The van der Waals surface area contributed by atoms with Crippen LogP contribution >= 0.6 is 11.8 Å². The number of aryl methyl sites for hydroxylation is 2. The van der Waals surface area contributed by atoms with Gasteiger partial charge in [0.2, 0.25) is 5.60 Å². The van der Waals surface area contributed by atoms with Crippen LogP contribution in [0.15, 0.2) is 47.4 Å². The molecule has 1 aromatic heterocycles. The Kier molecular flexibility index (Phi) is 7.12. The van der Waals surface area contributed by atoms with Crippen molar-refractivity contribution in [1.82, 2.24) is 15.0 Å². The first kappa shape index (κ1) is 25.1. The van der Waals surface area contributed by atoms with Gasteiger partial charge in [0.05, 0.1) is 22.6 Å². The van der Waals surface area contributed by atoms with Gasteiger partial charge in [-0.25, -0.2) is 4.79 Å². The van der Waals surface area contributed by atoms with Crippen molar-refractivity contribution in [2.75, 3.05) is 0 Å². The Balaban J connectivity index is 1.43. The van der Waals surface area contributed by atoms with Crippen molar-refractivity contribution in [2.45, 2.75) is 68.4 Å². The molecule has 0 atom stereocenters. The fraction of sp³-hybridized carbons (Fsp3) is 0.400. The number of carbonyl (C=O) groups is 1. The van der Waals surface area contributed by atoms with Gasteiger partial charge < -0.3 is 9.84 Å². The van der Waals surface area contributed by atoms with Crippen molar-refractivity contribution in [3.8, 4) is 11.4 Å². The molecule has 6 nitrogen and oxygen atoms in total. The van der Waals surface area contributed by atoms with Crippen molar-refractivity contribution in [3.05, 3.63) is 65.0 Å². The van der Waals surface area contributed by atoms with Crippen molar-refractivity contribution in [1.29, 1.82) is 0 Å². The lowest BCUT2D eigenvalue weighted by molar-refractivity contribution is -0.158. The van der Waals surface area contributed by atoms with Gasteiger partial charge in [-0.1, -0.05) is 6.42 Å². The van der Waals surface area contributed by atoms with Gasteiger partial charge in [-0.3, -0.25) is 0 Å². The number of alkyl halides is 3. The Labute approximate surface area is 205 Å². The zero-order valence-electron chi connectivity index (χ0n) is 19.4. The molecule has 2 aromatic carbocycles. The molecule has 1 fully saturated rings. The van der Waals surface area contributed by atoms with Crippen LogP contribution in [0.5, 0.6) is 5.75 Å². The third kappa shape index (κ3) is 5.63. The van der Waals surface area contributed by atoms with Crippen molar-refractivity contribution >= 4 is 17.7 Å². The van der Waals surface area contributed by atoms with E-state index in [0.717, 1.165) is 47.5 Å². The Morgan fingerprint density at radius 3 is 2.37 bits per heavy atom. The summed E-state index contributed by atoms with van der Waals surface area (Å²) in [5.41, 5.74) is 0.832.